The number of anilines is 1. The Labute approximate surface area is 181 Å². The van der Waals surface area contributed by atoms with Crippen molar-refractivity contribution in [3.63, 3.8) is 0 Å². The number of nitrogens with two attached hydrogens (primary N) is 1. The maximum absolute atomic E-state index is 13.1. The van der Waals surface area contributed by atoms with Gasteiger partial charge in [-0.05, 0) is 55.2 Å². The number of nitriles is 1. The van der Waals surface area contributed by atoms with Crippen LogP contribution in [0.4, 0.5) is 10.2 Å². The van der Waals surface area contributed by atoms with Crippen LogP contribution in [0.5, 0.6) is 11.5 Å². The largest absolute Gasteiger partial charge is 0.496 e. The van der Waals surface area contributed by atoms with Crippen LogP contribution >= 0.6 is 0 Å². The Hall–Kier alpha value is -3.59. The molecule has 3 N–H and O–H groups in total. The molecule has 0 unspecified atom stereocenters. The molecule has 6 heteroatoms. The van der Waals surface area contributed by atoms with Crippen LogP contribution in [0.3, 0.4) is 0 Å². The molecule has 0 saturated carbocycles. The summed E-state index contributed by atoms with van der Waals surface area (Å²) in [5.74, 6) is 1.34. The van der Waals surface area contributed by atoms with Crippen LogP contribution in [0.1, 0.15) is 41.6 Å². The number of H-pyrrole nitrogens is 1. The van der Waals surface area contributed by atoms with Crippen molar-refractivity contribution in [3.05, 3.63) is 70.7 Å². The van der Waals surface area contributed by atoms with Gasteiger partial charge in [0.25, 0.3) is 5.82 Å². The highest BCUT2D eigenvalue weighted by atomic mass is 19.1. The molecule has 1 heterocycles. The number of nitrogen functional groups attached to an aromatic ring is 1. The number of hydrogen-bond acceptors (Lipinski definition) is 4. The van der Waals surface area contributed by atoms with Crippen molar-refractivity contribution in [2.24, 2.45) is 0 Å². The lowest BCUT2D eigenvalue weighted by Gasteiger charge is -2.16. The van der Waals surface area contributed by atoms with E-state index in [1.807, 2.05) is 18.2 Å². The molecule has 158 valence electrons. The lowest BCUT2D eigenvalue weighted by Crippen LogP contribution is -2.22. The van der Waals surface area contributed by atoms with Crippen molar-refractivity contribution < 1.29 is 18.8 Å². The van der Waals surface area contributed by atoms with E-state index >= 15 is 0 Å². The topological polar surface area (TPSA) is 82.4 Å². The van der Waals surface area contributed by atoms with Crippen LogP contribution in [-0.4, -0.2) is 7.11 Å². The first-order valence-corrected chi connectivity index (χ1v) is 10.4. The summed E-state index contributed by atoms with van der Waals surface area (Å²) in [5, 5.41) is 9.82. The smallest absolute Gasteiger partial charge is 0.289 e. The van der Waals surface area contributed by atoms with Gasteiger partial charge in [-0.15, -0.1) is 0 Å². The van der Waals surface area contributed by atoms with E-state index < -0.39 is 0 Å². The Kier molecular flexibility index (Phi) is 6.03. The van der Waals surface area contributed by atoms with Crippen molar-refractivity contribution in [3.8, 4) is 28.7 Å². The number of hydrogen-bond donors (Lipinski definition) is 1. The van der Waals surface area contributed by atoms with Crippen LogP contribution < -0.4 is 20.2 Å². The van der Waals surface area contributed by atoms with Crippen molar-refractivity contribution >= 4 is 5.82 Å². The van der Waals surface area contributed by atoms with Crippen LogP contribution in [-0.2, 0) is 19.4 Å². The fraction of sp³-hybridized carbons (Fsp3) is 0.280. The number of benzene rings is 2. The van der Waals surface area contributed by atoms with Crippen LogP contribution in [0.2, 0.25) is 0 Å². The van der Waals surface area contributed by atoms with E-state index in [0.717, 1.165) is 54.5 Å². The van der Waals surface area contributed by atoms with E-state index in [2.05, 4.69) is 11.1 Å². The Morgan fingerprint density at radius 1 is 1.10 bits per heavy atom. The fourth-order valence-electron chi connectivity index (χ4n) is 4.15. The van der Waals surface area contributed by atoms with E-state index in [4.69, 9.17) is 15.2 Å². The Morgan fingerprint density at radius 3 is 2.61 bits per heavy atom. The number of aromatic amines is 1. The number of aryl methyl sites for hydroxylation is 1. The second kappa shape index (κ2) is 9.05. The number of nitrogens with zero attached hydrogens (tertiary/aromatic N) is 1. The number of halogens is 1. The number of rotatable bonds is 5. The molecule has 5 nitrogen and oxygen atoms in total. The average molecular weight is 418 g/mol. The summed E-state index contributed by atoms with van der Waals surface area (Å²) in [7, 11) is 1.61. The van der Waals surface area contributed by atoms with E-state index in [0.29, 0.717) is 22.9 Å². The molecule has 1 aliphatic rings. The molecular formula is C25H25FN3O2+. The third-order valence-electron chi connectivity index (χ3n) is 5.72. The van der Waals surface area contributed by atoms with Crippen LogP contribution in [0, 0.1) is 17.1 Å². The molecule has 0 saturated heterocycles. The summed E-state index contributed by atoms with van der Waals surface area (Å²) in [6, 6.07) is 14.0. The molecule has 3 aromatic rings. The third-order valence-corrected chi connectivity index (χ3v) is 5.72. The second-order valence-electron chi connectivity index (χ2n) is 7.69. The minimum absolute atomic E-state index is 0.281. The van der Waals surface area contributed by atoms with Crippen molar-refractivity contribution in [2.75, 3.05) is 12.8 Å². The predicted molar refractivity (Wildman–Crippen MR) is 116 cm³/mol. The number of methoxy groups -OCH3 is 1. The molecule has 0 amide bonds. The zero-order valence-electron chi connectivity index (χ0n) is 17.5. The van der Waals surface area contributed by atoms with E-state index in [1.54, 1.807) is 19.2 Å². The molecule has 0 bridgehead atoms. The van der Waals surface area contributed by atoms with Gasteiger partial charge in [0.1, 0.15) is 41.2 Å². The van der Waals surface area contributed by atoms with E-state index in [1.165, 1.54) is 17.7 Å². The molecular weight excluding hydrogens is 393 g/mol. The zero-order chi connectivity index (χ0) is 21.8. The number of ether oxygens (including phenoxy) is 2. The Balaban J connectivity index is 1.71. The van der Waals surface area contributed by atoms with E-state index in [-0.39, 0.29) is 12.4 Å². The third kappa shape index (κ3) is 4.31. The molecule has 4 rings (SSSR count). The maximum Gasteiger partial charge on any atom is 0.289 e. The second-order valence-corrected chi connectivity index (χ2v) is 7.69. The van der Waals surface area contributed by atoms with E-state index in [9.17, 15) is 9.65 Å². The van der Waals surface area contributed by atoms with Crippen molar-refractivity contribution in [1.82, 2.24) is 0 Å². The highest BCUT2D eigenvalue weighted by Crippen LogP contribution is 2.36. The average Bonchev–Trinajstić information content (AvgIpc) is 3.03. The summed E-state index contributed by atoms with van der Waals surface area (Å²) in [4.78, 5) is 3.26. The minimum Gasteiger partial charge on any atom is -0.496 e. The van der Waals surface area contributed by atoms with Gasteiger partial charge < -0.3 is 9.47 Å². The van der Waals surface area contributed by atoms with Gasteiger partial charge in [0.2, 0.25) is 0 Å². The summed E-state index contributed by atoms with van der Waals surface area (Å²) in [6.07, 6.45) is 5.19. The summed E-state index contributed by atoms with van der Waals surface area (Å²) in [6.45, 7) is 0.281. The van der Waals surface area contributed by atoms with Crippen LogP contribution in [0.25, 0.3) is 11.1 Å². The van der Waals surface area contributed by atoms with Gasteiger partial charge >= 0.3 is 0 Å². The lowest BCUT2D eigenvalue weighted by atomic mass is 9.91. The Morgan fingerprint density at radius 2 is 1.87 bits per heavy atom. The van der Waals surface area contributed by atoms with Gasteiger partial charge in [0.15, 0.2) is 0 Å². The van der Waals surface area contributed by atoms with Gasteiger partial charge in [-0.3, -0.25) is 5.73 Å². The molecule has 31 heavy (non-hydrogen) atoms. The quantitative estimate of drug-likeness (QED) is 0.613. The van der Waals surface area contributed by atoms with Gasteiger partial charge in [-0.25, -0.2) is 9.37 Å². The standard InChI is InChI=1S/C25H24FN3O2/c1-30-23-13-16(7-8-17(23)15-31-19-11-9-18(26)10-12-19)24-20-5-3-2-4-6-22(20)29-25(28)21(24)14-27/h7-13H,2-6,15H2,1H3,(H2,28,29)/p+1. The maximum atomic E-state index is 13.1. The summed E-state index contributed by atoms with van der Waals surface area (Å²) in [5.41, 5.74) is 11.6. The zero-order valence-corrected chi connectivity index (χ0v) is 17.5. The molecule has 1 aliphatic carbocycles. The molecule has 0 fully saturated rings. The van der Waals surface area contributed by atoms with Gasteiger partial charge in [-0.2, -0.15) is 5.26 Å². The fourth-order valence-corrected chi connectivity index (χ4v) is 4.15. The normalized spacial score (nSPS) is 13.1. The number of nitrogens with one attached hydrogen (secondary N) is 1. The summed E-state index contributed by atoms with van der Waals surface area (Å²) < 4.78 is 24.5. The highest BCUT2D eigenvalue weighted by Gasteiger charge is 2.24. The molecule has 0 atom stereocenters. The van der Waals surface area contributed by atoms with Crippen LogP contribution in [0.15, 0.2) is 42.5 Å². The molecule has 0 radical (unpaired) electrons. The molecule has 2 aromatic carbocycles. The van der Waals surface area contributed by atoms with Gasteiger partial charge in [-0.1, -0.05) is 18.6 Å². The minimum atomic E-state index is -0.305. The monoisotopic (exact) mass is 418 g/mol. The van der Waals surface area contributed by atoms with Gasteiger partial charge in [0, 0.05) is 23.1 Å². The summed E-state index contributed by atoms with van der Waals surface area (Å²) >= 11 is 0. The van der Waals surface area contributed by atoms with Crippen molar-refractivity contribution in [2.45, 2.75) is 38.7 Å². The number of pyridine rings is 1. The predicted octanol–water partition coefficient (Wildman–Crippen LogP) is 4.62. The highest BCUT2D eigenvalue weighted by molar-refractivity contribution is 5.79. The SMILES string of the molecule is COc1cc(-c2c(C#N)c(N)[nH+]c3c2CCCCC3)ccc1COc1ccc(F)cc1. The number of fused-ring (bicyclic) bond motifs is 1. The number of aromatic nitrogens is 1. The van der Waals surface area contributed by atoms with Crippen molar-refractivity contribution in [1.29, 1.82) is 5.26 Å². The first-order valence-electron chi connectivity index (χ1n) is 10.4. The lowest BCUT2D eigenvalue weighted by molar-refractivity contribution is -0.373. The molecule has 0 spiro atoms. The Bertz CT molecular complexity index is 1140. The first-order chi connectivity index (χ1) is 15.1. The van der Waals surface area contributed by atoms with Gasteiger partial charge in [0.05, 0.1) is 7.11 Å². The molecule has 1 aromatic heterocycles. The molecule has 0 aliphatic heterocycles. The first kappa shape index (κ1) is 20.7.